The smallest absolute Gasteiger partial charge is 0.264 e. The molecule has 4 heterocycles. The number of pyridine rings is 2. The van der Waals surface area contributed by atoms with Crippen LogP contribution in [0.3, 0.4) is 0 Å². The molecular weight excluding hydrogens is 767 g/mol. The van der Waals surface area contributed by atoms with E-state index in [0.29, 0.717) is 42.2 Å². The first-order chi connectivity index (χ1) is 29.0. The molecule has 1 atom stereocenters. The molecule has 0 bridgehead atoms. The molecule has 2 aromatic heterocycles. The Hall–Kier alpha value is -6.09. The summed E-state index contributed by atoms with van der Waals surface area (Å²) in [6, 6.07) is 9.83. The molecule has 1 aliphatic carbocycles. The van der Waals surface area contributed by atoms with Gasteiger partial charge in [-0.15, -0.1) is 0 Å². The molecule has 15 heteroatoms. The molecule has 5 amide bonds. The normalized spacial score (nSPS) is 17.1. The number of rotatable bonds is 18. The largest absolute Gasteiger partial charge is 0.496 e. The van der Waals surface area contributed by atoms with Gasteiger partial charge in [-0.25, -0.2) is 0 Å². The van der Waals surface area contributed by atoms with E-state index in [1.807, 2.05) is 24.4 Å². The van der Waals surface area contributed by atoms with E-state index in [2.05, 4.69) is 32.9 Å². The van der Waals surface area contributed by atoms with Gasteiger partial charge in [0.05, 0.1) is 36.3 Å². The van der Waals surface area contributed by atoms with E-state index >= 15 is 0 Å². The Balaban J connectivity index is 0.863. The molecule has 1 saturated carbocycles. The number of carbonyl (C=O) groups is 5. The number of nitrogens with zero attached hydrogens (tertiary/aromatic N) is 4. The van der Waals surface area contributed by atoms with Gasteiger partial charge >= 0.3 is 0 Å². The molecule has 2 aromatic carbocycles. The van der Waals surface area contributed by atoms with Gasteiger partial charge in [0.2, 0.25) is 17.7 Å². The van der Waals surface area contributed by atoms with Crippen molar-refractivity contribution in [2.75, 3.05) is 46.2 Å². The molecule has 60 heavy (non-hydrogen) atoms. The summed E-state index contributed by atoms with van der Waals surface area (Å²) in [5, 5.41) is 10.1. The van der Waals surface area contributed by atoms with E-state index in [1.54, 1.807) is 56.4 Å². The molecule has 1 unspecified atom stereocenters. The van der Waals surface area contributed by atoms with Crippen molar-refractivity contribution in [1.29, 1.82) is 0 Å². The Bertz CT molecular complexity index is 2360. The van der Waals surface area contributed by atoms with E-state index in [0.717, 1.165) is 84.9 Å². The third-order valence-electron chi connectivity index (χ3n) is 12.2. The second-order valence-electron chi connectivity index (χ2n) is 16.1. The van der Waals surface area contributed by atoms with Gasteiger partial charge in [-0.2, -0.15) is 0 Å². The van der Waals surface area contributed by atoms with Gasteiger partial charge in [-0.1, -0.05) is 12.5 Å². The second-order valence-corrected chi connectivity index (χ2v) is 16.1. The molecule has 2 fully saturated rings. The molecule has 0 spiro atoms. The maximum Gasteiger partial charge on any atom is 0.264 e. The maximum absolute atomic E-state index is 13.5. The number of nitrogens with one attached hydrogen (secondary N) is 3. The number of fused-ring (bicyclic) bond motifs is 2. The van der Waals surface area contributed by atoms with Crippen molar-refractivity contribution < 1.29 is 33.4 Å². The summed E-state index contributed by atoms with van der Waals surface area (Å²) in [6.07, 6.45) is 12.2. The molecule has 3 aliphatic rings. The van der Waals surface area contributed by atoms with Crippen LogP contribution < -0.4 is 31.0 Å². The van der Waals surface area contributed by atoms with E-state index in [4.69, 9.17) is 9.47 Å². The Labute approximate surface area is 348 Å². The topological polar surface area (TPSA) is 181 Å². The molecular formula is C45H53N7O8. The number of hydrogen-bond donors (Lipinski definition) is 3. The van der Waals surface area contributed by atoms with Crippen LogP contribution in [0.15, 0.2) is 59.8 Å². The minimum absolute atomic E-state index is 0.0673. The van der Waals surface area contributed by atoms with Crippen molar-refractivity contribution in [2.45, 2.75) is 76.8 Å². The lowest BCUT2D eigenvalue weighted by Crippen LogP contribution is -2.54. The summed E-state index contributed by atoms with van der Waals surface area (Å²) < 4.78 is 13.3. The minimum Gasteiger partial charge on any atom is -0.496 e. The summed E-state index contributed by atoms with van der Waals surface area (Å²) >= 11 is 0. The summed E-state index contributed by atoms with van der Waals surface area (Å²) in [5.41, 5.74) is 3.23. The van der Waals surface area contributed by atoms with Crippen molar-refractivity contribution >= 4 is 46.0 Å². The number of amides is 5. The quantitative estimate of drug-likeness (QED) is 0.0927. The third kappa shape index (κ3) is 8.35. The zero-order chi connectivity index (χ0) is 42.6. The highest BCUT2D eigenvalue weighted by Gasteiger charge is 2.46. The van der Waals surface area contributed by atoms with Gasteiger partial charge in [-0.3, -0.25) is 44.0 Å². The van der Waals surface area contributed by atoms with E-state index in [1.165, 1.54) is 0 Å². The summed E-state index contributed by atoms with van der Waals surface area (Å²) in [7, 11) is 7.07. The van der Waals surface area contributed by atoms with Gasteiger partial charge in [0.25, 0.3) is 17.4 Å². The Kier molecular flexibility index (Phi) is 12.6. The lowest BCUT2D eigenvalue weighted by molar-refractivity contribution is -0.137. The number of benzene rings is 2. The van der Waals surface area contributed by atoms with Crippen LogP contribution in [0.4, 0.5) is 5.69 Å². The van der Waals surface area contributed by atoms with Crippen molar-refractivity contribution in [2.24, 2.45) is 12.5 Å². The van der Waals surface area contributed by atoms with E-state index in [-0.39, 0.29) is 40.8 Å². The number of methoxy groups -OCH3 is 2. The van der Waals surface area contributed by atoms with Crippen molar-refractivity contribution in [1.82, 2.24) is 30.0 Å². The van der Waals surface area contributed by atoms with Crippen LogP contribution in [0.2, 0.25) is 0 Å². The fourth-order valence-corrected chi connectivity index (χ4v) is 8.77. The number of imide groups is 2. The monoisotopic (exact) mass is 819 g/mol. The van der Waals surface area contributed by atoms with Crippen LogP contribution in [0.1, 0.15) is 90.5 Å². The lowest BCUT2D eigenvalue weighted by atomic mass is 9.65. The van der Waals surface area contributed by atoms with Crippen LogP contribution in [0.5, 0.6) is 11.5 Å². The highest BCUT2D eigenvalue weighted by molar-refractivity contribution is 6.25. The minimum atomic E-state index is -1.01. The van der Waals surface area contributed by atoms with Gasteiger partial charge < -0.3 is 29.6 Å². The number of carbonyl (C=O) groups excluding carboxylic acids is 5. The molecule has 7 rings (SSSR count). The van der Waals surface area contributed by atoms with Crippen molar-refractivity contribution in [3.8, 4) is 22.6 Å². The van der Waals surface area contributed by atoms with Crippen LogP contribution >= 0.6 is 0 Å². The SMILES string of the molecule is COc1cc(-c2cn(C)c(=O)c3cnccc23)cc(OC)c1CN(C)CCCC1(C(=O)NCCCCCNc2cccc3c2C(=O)N(C2CCC(=O)NC2=O)C3=O)CCC1. The van der Waals surface area contributed by atoms with Crippen LogP contribution in [-0.4, -0.2) is 95.8 Å². The zero-order valence-electron chi connectivity index (χ0n) is 34.7. The molecule has 316 valence electrons. The molecule has 3 N–H and O–H groups in total. The molecule has 15 nitrogen and oxygen atoms in total. The average Bonchev–Trinajstić information content (AvgIpc) is 3.48. The van der Waals surface area contributed by atoms with Gasteiger partial charge in [0.1, 0.15) is 17.5 Å². The summed E-state index contributed by atoms with van der Waals surface area (Å²) in [4.78, 5) is 84.1. The standard InChI is InChI=1S/C45H53N7O8/c1-50(26-33-36(59-3)23-28(24-37(33)60-4)32-27-51(2)41(55)31-25-46-21-15-29(31)32)22-10-18-45(16-9-17-45)44(58)48-20-7-5-6-19-47-34-12-8-11-30-39(34)43(57)52(42(30)56)35-13-14-38(53)49-40(35)54/h8,11-12,15,21,23-25,27,35,47H,5-7,9-10,13-14,16-20,22,26H2,1-4H3,(H,48,58)(H,49,53,54). The number of hydrogen-bond acceptors (Lipinski definition) is 11. The zero-order valence-corrected chi connectivity index (χ0v) is 34.7. The Morgan fingerprint density at radius 2 is 1.70 bits per heavy atom. The highest BCUT2D eigenvalue weighted by atomic mass is 16.5. The lowest BCUT2D eigenvalue weighted by Gasteiger charge is -2.40. The van der Waals surface area contributed by atoms with Crippen molar-refractivity contribution in [3.05, 3.63) is 82.0 Å². The fraction of sp³-hybridized carbons (Fsp3) is 0.444. The third-order valence-corrected chi connectivity index (χ3v) is 12.2. The number of piperidine rings is 1. The highest BCUT2D eigenvalue weighted by Crippen LogP contribution is 2.45. The number of aryl methyl sites for hydroxylation is 1. The number of aromatic nitrogens is 2. The first kappa shape index (κ1) is 42.0. The Morgan fingerprint density at radius 1 is 0.950 bits per heavy atom. The Morgan fingerprint density at radius 3 is 2.40 bits per heavy atom. The van der Waals surface area contributed by atoms with Crippen LogP contribution in [0.25, 0.3) is 21.9 Å². The van der Waals surface area contributed by atoms with E-state index < -0.39 is 29.7 Å². The average molecular weight is 820 g/mol. The molecule has 0 radical (unpaired) electrons. The summed E-state index contributed by atoms with van der Waals surface area (Å²) in [6.45, 7) is 2.51. The number of unbranched alkanes of at least 4 members (excludes halogenated alkanes) is 2. The van der Waals surface area contributed by atoms with E-state index in [9.17, 15) is 28.8 Å². The predicted molar refractivity (Wildman–Crippen MR) is 226 cm³/mol. The molecule has 1 saturated heterocycles. The van der Waals surface area contributed by atoms with Crippen LogP contribution in [0, 0.1) is 5.41 Å². The van der Waals surface area contributed by atoms with Crippen LogP contribution in [-0.2, 0) is 28.0 Å². The maximum atomic E-state index is 13.5. The van der Waals surface area contributed by atoms with Crippen molar-refractivity contribution in [3.63, 3.8) is 0 Å². The number of ether oxygens (including phenoxy) is 2. The second kappa shape index (κ2) is 18.0. The fourth-order valence-electron chi connectivity index (χ4n) is 8.77. The first-order valence-corrected chi connectivity index (χ1v) is 20.7. The number of anilines is 1. The van der Waals surface area contributed by atoms with Gasteiger partial charge in [0.15, 0.2) is 0 Å². The predicted octanol–water partition coefficient (Wildman–Crippen LogP) is 4.80. The molecule has 4 aromatic rings. The summed E-state index contributed by atoms with van der Waals surface area (Å²) in [5.74, 6) is -0.619. The van der Waals surface area contributed by atoms with Gasteiger partial charge in [-0.05, 0) is 106 Å². The molecule has 2 aliphatic heterocycles. The first-order valence-electron chi connectivity index (χ1n) is 20.7. The van der Waals surface area contributed by atoms with Gasteiger partial charge in [0, 0.05) is 68.4 Å².